The molecule has 4 aromatic rings. The van der Waals surface area contributed by atoms with Gasteiger partial charge in [0.05, 0.1) is 12.2 Å². The molecule has 182 valence electrons. The maximum atomic E-state index is 12.9. The van der Waals surface area contributed by atoms with Crippen molar-refractivity contribution in [3.8, 4) is 0 Å². The summed E-state index contributed by atoms with van der Waals surface area (Å²) in [6.45, 7) is 3.65. The monoisotopic (exact) mass is 478 g/mol. The van der Waals surface area contributed by atoms with Crippen molar-refractivity contribution in [1.29, 1.82) is 0 Å². The Bertz CT molecular complexity index is 1340. The molecule has 4 rings (SSSR count). The van der Waals surface area contributed by atoms with E-state index in [1.807, 2.05) is 120 Å². The Morgan fingerprint density at radius 1 is 0.861 bits per heavy atom. The Balaban J connectivity index is 1.42. The first-order valence-electron chi connectivity index (χ1n) is 12.0. The van der Waals surface area contributed by atoms with Gasteiger partial charge < -0.3 is 9.67 Å². The molecule has 1 N–H and O–H groups in total. The standard InChI is InChI=1S/C31H30N2O3/c1-24-14-16-28(17-15-24)31(36)29-13-7-19-33(29)18-6-12-25-10-5-11-27(20-25)22-32(23-30(34)35)21-26-8-3-2-4-9-26/h2-17,19-20H,18,21-23H2,1H3,(H,34,35)/b12-6+. The molecular formula is C31H30N2O3. The Labute approximate surface area is 211 Å². The molecule has 0 saturated heterocycles. The van der Waals surface area contributed by atoms with Gasteiger partial charge >= 0.3 is 5.97 Å². The quantitative estimate of drug-likeness (QED) is 0.276. The molecule has 5 nitrogen and oxygen atoms in total. The van der Waals surface area contributed by atoms with Gasteiger partial charge in [-0.15, -0.1) is 0 Å². The van der Waals surface area contributed by atoms with E-state index in [1.54, 1.807) is 0 Å². The van der Waals surface area contributed by atoms with E-state index in [0.717, 1.165) is 22.3 Å². The van der Waals surface area contributed by atoms with E-state index in [0.29, 0.717) is 30.9 Å². The number of carboxylic acids is 1. The normalized spacial score (nSPS) is 11.3. The number of rotatable bonds is 11. The first-order chi connectivity index (χ1) is 17.5. The molecule has 0 spiro atoms. The summed E-state index contributed by atoms with van der Waals surface area (Å²) in [5, 5.41) is 9.37. The first-order valence-corrected chi connectivity index (χ1v) is 12.0. The number of hydrogen-bond acceptors (Lipinski definition) is 3. The molecular weight excluding hydrogens is 448 g/mol. The van der Waals surface area contributed by atoms with Crippen LogP contribution in [0.3, 0.4) is 0 Å². The van der Waals surface area contributed by atoms with Gasteiger partial charge in [-0.1, -0.05) is 96.6 Å². The molecule has 0 saturated carbocycles. The SMILES string of the molecule is Cc1ccc(C(=O)c2cccn2C/C=C/c2cccc(CN(CC(=O)O)Cc3ccccc3)c2)cc1. The zero-order valence-corrected chi connectivity index (χ0v) is 20.4. The van der Waals surface area contributed by atoms with E-state index >= 15 is 0 Å². The fraction of sp³-hybridized carbons (Fsp3) is 0.161. The predicted molar refractivity (Wildman–Crippen MR) is 143 cm³/mol. The van der Waals surface area contributed by atoms with Gasteiger partial charge in [0.15, 0.2) is 0 Å². The molecule has 0 unspecified atom stereocenters. The van der Waals surface area contributed by atoms with Crippen molar-refractivity contribution in [3.63, 3.8) is 0 Å². The largest absolute Gasteiger partial charge is 0.480 e. The van der Waals surface area contributed by atoms with Gasteiger partial charge in [0.2, 0.25) is 5.78 Å². The van der Waals surface area contributed by atoms with Crippen molar-refractivity contribution >= 4 is 17.8 Å². The second-order valence-corrected chi connectivity index (χ2v) is 8.91. The molecule has 0 aliphatic heterocycles. The summed E-state index contributed by atoms with van der Waals surface area (Å²) >= 11 is 0. The Morgan fingerprint density at radius 2 is 1.58 bits per heavy atom. The average Bonchev–Trinajstić information content (AvgIpc) is 3.33. The zero-order chi connectivity index (χ0) is 25.3. The van der Waals surface area contributed by atoms with Crippen LogP contribution >= 0.6 is 0 Å². The van der Waals surface area contributed by atoms with Crippen LogP contribution in [0.5, 0.6) is 0 Å². The van der Waals surface area contributed by atoms with Gasteiger partial charge in [-0.25, -0.2) is 0 Å². The summed E-state index contributed by atoms with van der Waals surface area (Å²) < 4.78 is 1.94. The Kier molecular flexibility index (Phi) is 8.27. The maximum Gasteiger partial charge on any atom is 0.317 e. The van der Waals surface area contributed by atoms with Crippen LogP contribution in [-0.2, 0) is 24.4 Å². The van der Waals surface area contributed by atoms with E-state index in [2.05, 4.69) is 6.07 Å². The molecule has 0 amide bonds. The molecule has 0 fully saturated rings. The molecule has 36 heavy (non-hydrogen) atoms. The number of carbonyl (C=O) groups is 2. The summed E-state index contributed by atoms with van der Waals surface area (Å²) in [5.41, 5.74) is 5.61. The van der Waals surface area contributed by atoms with Crippen molar-refractivity contribution in [1.82, 2.24) is 9.47 Å². The molecule has 0 aliphatic carbocycles. The minimum Gasteiger partial charge on any atom is -0.480 e. The Morgan fingerprint density at radius 3 is 2.33 bits per heavy atom. The molecule has 0 bridgehead atoms. The third-order valence-electron chi connectivity index (χ3n) is 5.95. The van der Waals surface area contributed by atoms with Crippen molar-refractivity contribution in [2.45, 2.75) is 26.6 Å². The van der Waals surface area contributed by atoms with Gasteiger partial charge in [0, 0.05) is 31.4 Å². The molecule has 3 aromatic carbocycles. The minimum atomic E-state index is -0.843. The average molecular weight is 479 g/mol. The smallest absolute Gasteiger partial charge is 0.317 e. The summed E-state index contributed by atoms with van der Waals surface area (Å²) in [5.74, 6) is -0.836. The number of allylic oxidation sites excluding steroid dienone is 1. The molecule has 0 radical (unpaired) electrons. The minimum absolute atomic E-state index is 0.00679. The van der Waals surface area contributed by atoms with Crippen LogP contribution in [0.2, 0.25) is 0 Å². The van der Waals surface area contributed by atoms with Crippen LogP contribution in [0.4, 0.5) is 0 Å². The number of aromatic nitrogens is 1. The maximum absolute atomic E-state index is 12.9. The number of nitrogens with zero attached hydrogens (tertiary/aromatic N) is 2. The summed E-state index contributed by atoms with van der Waals surface area (Å²) in [7, 11) is 0. The number of benzene rings is 3. The van der Waals surface area contributed by atoms with E-state index in [4.69, 9.17) is 0 Å². The van der Waals surface area contributed by atoms with Crippen LogP contribution in [0, 0.1) is 6.92 Å². The van der Waals surface area contributed by atoms with Crippen LogP contribution in [0.1, 0.15) is 38.3 Å². The zero-order valence-electron chi connectivity index (χ0n) is 20.4. The predicted octanol–water partition coefficient (Wildman–Crippen LogP) is 5.83. The van der Waals surface area contributed by atoms with Gasteiger partial charge in [-0.3, -0.25) is 14.5 Å². The summed E-state index contributed by atoms with van der Waals surface area (Å²) in [6, 6.07) is 29.3. The fourth-order valence-electron chi connectivity index (χ4n) is 4.19. The lowest BCUT2D eigenvalue weighted by molar-refractivity contribution is -0.138. The topological polar surface area (TPSA) is 62.5 Å². The highest BCUT2D eigenvalue weighted by Crippen LogP contribution is 2.15. The van der Waals surface area contributed by atoms with Gasteiger partial charge in [0.25, 0.3) is 0 Å². The van der Waals surface area contributed by atoms with E-state index in [1.165, 1.54) is 0 Å². The Hall–Kier alpha value is -4.22. The van der Waals surface area contributed by atoms with Crippen LogP contribution in [-0.4, -0.2) is 32.9 Å². The summed E-state index contributed by atoms with van der Waals surface area (Å²) in [4.78, 5) is 26.3. The van der Waals surface area contributed by atoms with Gasteiger partial charge in [-0.05, 0) is 35.7 Å². The lowest BCUT2D eigenvalue weighted by Crippen LogP contribution is -2.28. The van der Waals surface area contributed by atoms with Crippen molar-refractivity contribution in [3.05, 3.63) is 137 Å². The fourth-order valence-corrected chi connectivity index (χ4v) is 4.19. The number of hydrogen-bond donors (Lipinski definition) is 1. The van der Waals surface area contributed by atoms with Crippen LogP contribution in [0.25, 0.3) is 6.08 Å². The highest BCUT2D eigenvalue weighted by molar-refractivity contribution is 6.08. The highest BCUT2D eigenvalue weighted by atomic mass is 16.4. The third kappa shape index (κ3) is 6.90. The van der Waals surface area contributed by atoms with E-state index < -0.39 is 5.97 Å². The van der Waals surface area contributed by atoms with E-state index in [9.17, 15) is 14.7 Å². The van der Waals surface area contributed by atoms with Crippen molar-refractivity contribution in [2.24, 2.45) is 0 Å². The summed E-state index contributed by atoms with van der Waals surface area (Å²) in [6.07, 6.45) is 5.97. The molecule has 5 heteroatoms. The lowest BCUT2D eigenvalue weighted by Gasteiger charge is -2.20. The molecule has 0 atom stereocenters. The van der Waals surface area contributed by atoms with Crippen molar-refractivity contribution < 1.29 is 14.7 Å². The number of aryl methyl sites for hydroxylation is 1. The molecule has 0 aliphatic rings. The second kappa shape index (κ2) is 12.0. The molecule has 1 aromatic heterocycles. The van der Waals surface area contributed by atoms with E-state index in [-0.39, 0.29) is 12.3 Å². The van der Waals surface area contributed by atoms with Gasteiger partial charge in [0.1, 0.15) is 0 Å². The molecule has 1 heterocycles. The van der Waals surface area contributed by atoms with Crippen LogP contribution < -0.4 is 0 Å². The highest BCUT2D eigenvalue weighted by Gasteiger charge is 2.13. The van der Waals surface area contributed by atoms with Gasteiger partial charge in [-0.2, -0.15) is 0 Å². The third-order valence-corrected chi connectivity index (χ3v) is 5.95. The number of aliphatic carboxylic acids is 1. The van der Waals surface area contributed by atoms with Crippen LogP contribution in [0.15, 0.2) is 103 Å². The number of carboxylic acid groups (broad SMARTS) is 1. The second-order valence-electron chi connectivity index (χ2n) is 8.91. The lowest BCUT2D eigenvalue weighted by atomic mass is 10.1. The number of ketones is 1. The van der Waals surface area contributed by atoms with Crippen molar-refractivity contribution in [2.75, 3.05) is 6.54 Å². The number of carbonyl (C=O) groups excluding carboxylic acids is 1. The first kappa shape index (κ1) is 24.9.